The van der Waals surface area contributed by atoms with Gasteiger partial charge >= 0.3 is 5.97 Å². The molecule has 16 heavy (non-hydrogen) atoms. The van der Waals surface area contributed by atoms with Gasteiger partial charge in [0.2, 0.25) is 0 Å². The molecule has 0 spiro atoms. The summed E-state index contributed by atoms with van der Waals surface area (Å²) in [5, 5.41) is 6.70. The highest BCUT2D eigenvalue weighted by atomic mass is 16.5. The molecule has 2 rings (SSSR count). The fraction of sp³-hybridized carbons (Fsp3) is 0.917. The second kappa shape index (κ2) is 5.64. The van der Waals surface area contributed by atoms with Crippen molar-refractivity contribution >= 4 is 5.97 Å². The van der Waals surface area contributed by atoms with Gasteiger partial charge in [0.25, 0.3) is 0 Å². The van der Waals surface area contributed by atoms with Crippen LogP contribution in [0.4, 0.5) is 0 Å². The third kappa shape index (κ3) is 2.74. The van der Waals surface area contributed by atoms with Crippen molar-refractivity contribution in [3.05, 3.63) is 0 Å². The summed E-state index contributed by atoms with van der Waals surface area (Å²) in [6.45, 7) is 3.22. The van der Waals surface area contributed by atoms with Gasteiger partial charge in [-0.3, -0.25) is 4.79 Å². The Bertz CT molecular complexity index is 239. The van der Waals surface area contributed by atoms with E-state index in [0.29, 0.717) is 5.92 Å². The number of methoxy groups -OCH3 is 1. The van der Waals surface area contributed by atoms with Crippen molar-refractivity contribution in [2.75, 3.05) is 26.7 Å². The Balaban J connectivity index is 1.87. The van der Waals surface area contributed by atoms with E-state index in [1.165, 1.54) is 26.4 Å². The van der Waals surface area contributed by atoms with Crippen molar-refractivity contribution in [2.45, 2.75) is 31.7 Å². The summed E-state index contributed by atoms with van der Waals surface area (Å²) in [6.07, 6.45) is 4.72. The van der Waals surface area contributed by atoms with Crippen LogP contribution in [0.25, 0.3) is 0 Å². The van der Waals surface area contributed by atoms with Crippen LogP contribution < -0.4 is 10.6 Å². The third-order valence-electron chi connectivity index (χ3n) is 3.93. The average molecular weight is 226 g/mol. The van der Waals surface area contributed by atoms with Crippen molar-refractivity contribution in [1.29, 1.82) is 0 Å². The van der Waals surface area contributed by atoms with Crippen LogP contribution in [-0.2, 0) is 9.53 Å². The number of hydrogen-bond donors (Lipinski definition) is 2. The monoisotopic (exact) mass is 226 g/mol. The molecular formula is C12H22N2O2. The number of piperidine rings is 2. The summed E-state index contributed by atoms with van der Waals surface area (Å²) in [5.74, 6) is 1.33. The largest absolute Gasteiger partial charge is 0.468 e. The number of nitrogens with one attached hydrogen (secondary N) is 2. The van der Waals surface area contributed by atoms with Gasteiger partial charge in [0, 0.05) is 0 Å². The topological polar surface area (TPSA) is 50.4 Å². The van der Waals surface area contributed by atoms with Crippen LogP contribution in [0, 0.1) is 11.8 Å². The lowest BCUT2D eigenvalue weighted by Gasteiger charge is -2.36. The second-order valence-corrected chi connectivity index (χ2v) is 4.92. The Labute approximate surface area is 97.1 Å². The van der Waals surface area contributed by atoms with E-state index in [1.54, 1.807) is 0 Å². The highest BCUT2D eigenvalue weighted by Crippen LogP contribution is 2.29. The van der Waals surface area contributed by atoms with E-state index < -0.39 is 0 Å². The maximum atomic E-state index is 11.5. The highest BCUT2D eigenvalue weighted by Gasteiger charge is 2.32. The molecular weight excluding hydrogens is 204 g/mol. The van der Waals surface area contributed by atoms with E-state index >= 15 is 0 Å². The molecule has 3 atom stereocenters. The first-order valence-electron chi connectivity index (χ1n) is 6.33. The van der Waals surface area contributed by atoms with Crippen molar-refractivity contribution in [1.82, 2.24) is 10.6 Å². The summed E-state index contributed by atoms with van der Waals surface area (Å²) in [4.78, 5) is 11.5. The Hall–Kier alpha value is -0.610. The van der Waals surface area contributed by atoms with Crippen molar-refractivity contribution in [3.8, 4) is 0 Å². The second-order valence-electron chi connectivity index (χ2n) is 4.92. The minimum Gasteiger partial charge on any atom is -0.468 e. The molecule has 0 bridgehead atoms. The highest BCUT2D eigenvalue weighted by molar-refractivity contribution is 5.75. The summed E-state index contributed by atoms with van der Waals surface area (Å²) in [5.41, 5.74) is 0. The molecule has 3 unspecified atom stereocenters. The zero-order valence-corrected chi connectivity index (χ0v) is 10.00. The summed E-state index contributed by atoms with van der Waals surface area (Å²) in [7, 11) is 1.47. The fourth-order valence-electron chi connectivity index (χ4n) is 2.98. The zero-order valence-electron chi connectivity index (χ0n) is 10.00. The van der Waals surface area contributed by atoms with Gasteiger partial charge in [-0.15, -0.1) is 0 Å². The van der Waals surface area contributed by atoms with E-state index in [-0.39, 0.29) is 12.0 Å². The van der Waals surface area contributed by atoms with Gasteiger partial charge < -0.3 is 15.4 Å². The van der Waals surface area contributed by atoms with Crippen LogP contribution in [0.3, 0.4) is 0 Å². The molecule has 2 aliphatic rings. The number of ether oxygens (including phenoxy) is 1. The lowest BCUT2D eigenvalue weighted by molar-refractivity contribution is -0.144. The molecule has 2 aliphatic heterocycles. The molecule has 4 nitrogen and oxygen atoms in total. The predicted octanol–water partition coefficient (Wildman–Crippen LogP) is 0.527. The summed E-state index contributed by atoms with van der Waals surface area (Å²) < 4.78 is 4.81. The molecule has 2 fully saturated rings. The third-order valence-corrected chi connectivity index (χ3v) is 3.93. The van der Waals surface area contributed by atoms with Gasteiger partial charge in [0.05, 0.1) is 7.11 Å². The molecule has 0 aromatic carbocycles. The molecule has 92 valence electrons. The maximum Gasteiger partial charge on any atom is 0.322 e. The predicted molar refractivity (Wildman–Crippen MR) is 62.1 cm³/mol. The van der Waals surface area contributed by atoms with E-state index in [2.05, 4.69) is 10.6 Å². The van der Waals surface area contributed by atoms with Crippen LogP contribution in [0.5, 0.6) is 0 Å². The molecule has 4 heteroatoms. The van der Waals surface area contributed by atoms with E-state index in [1.807, 2.05) is 0 Å². The van der Waals surface area contributed by atoms with Gasteiger partial charge in [-0.25, -0.2) is 0 Å². The van der Waals surface area contributed by atoms with Crippen LogP contribution in [0.15, 0.2) is 0 Å². The minimum absolute atomic E-state index is 0.0781. The van der Waals surface area contributed by atoms with Gasteiger partial charge in [0.15, 0.2) is 0 Å². The molecule has 2 heterocycles. The quantitative estimate of drug-likeness (QED) is 0.674. The van der Waals surface area contributed by atoms with E-state index in [4.69, 9.17) is 4.74 Å². The average Bonchev–Trinajstić information content (AvgIpc) is 2.39. The Morgan fingerprint density at radius 1 is 1.25 bits per heavy atom. The van der Waals surface area contributed by atoms with Gasteiger partial charge in [-0.2, -0.15) is 0 Å². The first-order valence-corrected chi connectivity index (χ1v) is 6.33. The van der Waals surface area contributed by atoms with Crippen molar-refractivity contribution in [3.63, 3.8) is 0 Å². The summed E-state index contributed by atoms with van der Waals surface area (Å²) in [6, 6.07) is -0.0781. The Morgan fingerprint density at radius 3 is 2.81 bits per heavy atom. The maximum absolute atomic E-state index is 11.5. The summed E-state index contributed by atoms with van der Waals surface area (Å²) >= 11 is 0. The number of carbonyl (C=O) groups excluding carboxylic acids is 1. The number of esters is 1. The van der Waals surface area contributed by atoms with E-state index in [0.717, 1.165) is 32.0 Å². The first kappa shape index (κ1) is 11.9. The molecule has 0 saturated carbocycles. The molecule has 0 amide bonds. The molecule has 0 aromatic heterocycles. The lowest BCUT2D eigenvalue weighted by Crippen LogP contribution is -2.47. The smallest absolute Gasteiger partial charge is 0.322 e. The van der Waals surface area contributed by atoms with Crippen LogP contribution in [0.1, 0.15) is 25.7 Å². The molecule has 0 aliphatic carbocycles. The number of carbonyl (C=O) groups is 1. The minimum atomic E-state index is -0.103. The molecule has 2 N–H and O–H groups in total. The van der Waals surface area contributed by atoms with Gasteiger partial charge in [-0.1, -0.05) is 0 Å². The SMILES string of the molecule is COC(=O)C1CC(C2CCCNC2)CCN1. The first-order chi connectivity index (χ1) is 7.81. The van der Waals surface area contributed by atoms with Crippen LogP contribution in [-0.4, -0.2) is 38.8 Å². The normalized spacial score (nSPS) is 35.7. The molecule has 0 radical (unpaired) electrons. The standard InChI is InChI=1S/C12H22N2O2/c1-16-12(15)11-7-9(4-6-14-11)10-3-2-5-13-8-10/h9-11,13-14H,2-8H2,1H3. The van der Waals surface area contributed by atoms with Crippen LogP contribution in [0.2, 0.25) is 0 Å². The van der Waals surface area contributed by atoms with Gasteiger partial charge in [-0.05, 0) is 57.2 Å². The molecule has 2 saturated heterocycles. The number of rotatable bonds is 2. The van der Waals surface area contributed by atoms with Crippen molar-refractivity contribution < 1.29 is 9.53 Å². The van der Waals surface area contributed by atoms with Crippen molar-refractivity contribution in [2.24, 2.45) is 11.8 Å². The zero-order chi connectivity index (χ0) is 11.4. The fourth-order valence-corrected chi connectivity index (χ4v) is 2.98. The Morgan fingerprint density at radius 2 is 2.12 bits per heavy atom. The molecule has 0 aromatic rings. The number of hydrogen-bond acceptors (Lipinski definition) is 4. The van der Waals surface area contributed by atoms with Gasteiger partial charge in [0.1, 0.15) is 6.04 Å². The van der Waals surface area contributed by atoms with E-state index in [9.17, 15) is 4.79 Å². The Kier molecular flexibility index (Phi) is 4.18. The lowest BCUT2D eigenvalue weighted by atomic mass is 9.78. The van der Waals surface area contributed by atoms with Crippen LogP contribution >= 0.6 is 0 Å².